The molecular formula is C10H7K2NO6S2. The molecule has 2 aromatic carbocycles. The van der Waals surface area contributed by atoms with Gasteiger partial charge < -0.3 is 14.8 Å². The molecule has 0 aliphatic heterocycles. The standard InChI is InChI=1S/C10H9NO6S2.2K/c11-7-5-4-6-2-1-3-8(18(12,13)14)9(6)10(7)19(15,16)17;;/h1-5H,11H2,(H,12,13,14)(H,15,16,17);;/q;2*+1/p-2. The van der Waals surface area contributed by atoms with Gasteiger partial charge in [0.2, 0.25) is 0 Å². The number of nitrogen functional groups attached to an aromatic ring is 1. The van der Waals surface area contributed by atoms with E-state index in [2.05, 4.69) is 0 Å². The monoisotopic (exact) mass is 379 g/mol. The van der Waals surface area contributed by atoms with E-state index in [1.165, 1.54) is 18.2 Å². The van der Waals surface area contributed by atoms with Gasteiger partial charge in [0.15, 0.2) is 0 Å². The van der Waals surface area contributed by atoms with Crippen molar-refractivity contribution in [2.45, 2.75) is 9.79 Å². The minimum atomic E-state index is -5.02. The Kier molecular flexibility index (Phi) is 8.73. The smallest absolute Gasteiger partial charge is 0.744 e. The third-order valence-electron chi connectivity index (χ3n) is 2.51. The summed E-state index contributed by atoms with van der Waals surface area (Å²) in [6.07, 6.45) is 0. The first-order valence-corrected chi connectivity index (χ1v) is 7.67. The number of nitrogens with two attached hydrogens (primary N) is 1. The van der Waals surface area contributed by atoms with Gasteiger partial charge in [-0.1, -0.05) is 18.2 Å². The van der Waals surface area contributed by atoms with E-state index < -0.39 is 41.1 Å². The normalized spacial score (nSPS) is 11.5. The molecule has 0 aliphatic rings. The Balaban J connectivity index is 0.00000200. The summed E-state index contributed by atoms with van der Waals surface area (Å²) in [6, 6.07) is 6.06. The van der Waals surface area contributed by atoms with Gasteiger partial charge in [-0.15, -0.1) is 0 Å². The van der Waals surface area contributed by atoms with Crippen LogP contribution < -0.4 is 109 Å². The van der Waals surface area contributed by atoms with Gasteiger partial charge in [-0.3, -0.25) is 0 Å². The first-order chi connectivity index (χ1) is 8.62. The molecule has 0 unspecified atom stereocenters. The quantitative estimate of drug-likeness (QED) is 0.311. The van der Waals surface area contributed by atoms with Gasteiger partial charge in [0.25, 0.3) is 0 Å². The summed E-state index contributed by atoms with van der Waals surface area (Å²) in [5.41, 5.74) is 5.00. The van der Waals surface area contributed by atoms with E-state index >= 15 is 0 Å². The van der Waals surface area contributed by atoms with Crippen LogP contribution in [0.4, 0.5) is 5.69 Å². The van der Waals surface area contributed by atoms with E-state index in [0.717, 1.165) is 12.1 Å². The fourth-order valence-corrected chi connectivity index (χ4v) is 3.42. The summed E-state index contributed by atoms with van der Waals surface area (Å²) in [5, 5.41) is -0.340. The predicted molar refractivity (Wildman–Crippen MR) is 64.3 cm³/mol. The predicted octanol–water partition coefficient (Wildman–Crippen LogP) is -5.76. The molecule has 0 spiro atoms. The Morgan fingerprint density at radius 2 is 1.43 bits per heavy atom. The Morgan fingerprint density at radius 3 is 1.90 bits per heavy atom. The van der Waals surface area contributed by atoms with Crippen molar-refractivity contribution < 1.29 is 129 Å². The second-order valence-electron chi connectivity index (χ2n) is 3.75. The number of benzene rings is 2. The van der Waals surface area contributed by atoms with Crippen molar-refractivity contribution in [3.63, 3.8) is 0 Å². The molecule has 7 nitrogen and oxygen atoms in total. The number of hydrogen-bond acceptors (Lipinski definition) is 7. The summed E-state index contributed by atoms with van der Waals surface area (Å²) in [4.78, 5) is -1.67. The molecule has 0 amide bonds. The van der Waals surface area contributed by atoms with Crippen molar-refractivity contribution in [1.29, 1.82) is 0 Å². The average molecular weight is 379 g/mol. The van der Waals surface area contributed by atoms with Crippen LogP contribution in [0.15, 0.2) is 40.1 Å². The molecule has 102 valence electrons. The van der Waals surface area contributed by atoms with Gasteiger partial charge in [-0.25, -0.2) is 16.8 Å². The van der Waals surface area contributed by atoms with Crippen LogP contribution >= 0.6 is 0 Å². The van der Waals surface area contributed by atoms with E-state index in [0.29, 0.717) is 0 Å². The molecule has 2 N–H and O–H groups in total. The summed E-state index contributed by atoms with van der Waals surface area (Å²) < 4.78 is 67.1. The van der Waals surface area contributed by atoms with Crippen LogP contribution in [0.3, 0.4) is 0 Å². The van der Waals surface area contributed by atoms with Crippen molar-refractivity contribution in [1.82, 2.24) is 0 Å². The molecule has 2 rings (SSSR count). The third kappa shape index (κ3) is 5.03. The Morgan fingerprint density at radius 1 is 0.857 bits per heavy atom. The molecule has 0 fully saturated rings. The maximum Gasteiger partial charge on any atom is 1.00 e. The van der Waals surface area contributed by atoms with Crippen molar-refractivity contribution >= 4 is 36.7 Å². The van der Waals surface area contributed by atoms with Gasteiger partial charge in [0.1, 0.15) is 20.2 Å². The SMILES string of the molecule is Nc1ccc2cccc(S(=O)(=O)[O-])c2c1S(=O)(=O)[O-].[K+].[K+]. The van der Waals surface area contributed by atoms with Crippen molar-refractivity contribution in [3.05, 3.63) is 30.3 Å². The molecular weight excluding hydrogens is 372 g/mol. The summed E-state index contributed by atoms with van der Waals surface area (Å²) >= 11 is 0. The number of anilines is 1. The minimum absolute atomic E-state index is 0. The fraction of sp³-hybridized carbons (Fsp3) is 0. The Bertz CT molecular complexity index is 880. The molecule has 0 bridgehead atoms. The van der Waals surface area contributed by atoms with Gasteiger partial charge in [0, 0.05) is 11.1 Å². The molecule has 2 aromatic rings. The van der Waals surface area contributed by atoms with Crippen LogP contribution in [-0.2, 0) is 20.2 Å². The van der Waals surface area contributed by atoms with E-state index in [-0.39, 0.29) is 108 Å². The van der Waals surface area contributed by atoms with Crippen molar-refractivity contribution in [2.24, 2.45) is 0 Å². The maximum absolute atomic E-state index is 11.2. The number of fused-ring (bicyclic) bond motifs is 1. The number of rotatable bonds is 2. The van der Waals surface area contributed by atoms with E-state index in [4.69, 9.17) is 5.73 Å². The summed E-state index contributed by atoms with van der Waals surface area (Å²) in [7, 11) is -9.96. The van der Waals surface area contributed by atoms with E-state index in [9.17, 15) is 25.9 Å². The van der Waals surface area contributed by atoms with Gasteiger partial charge in [0.05, 0.1) is 9.79 Å². The zero-order valence-corrected chi connectivity index (χ0v) is 19.1. The first kappa shape index (κ1) is 22.6. The van der Waals surface area contributed by atoms with Crippen LogP contribution in [0.2, 0.25) is 0 Å². The van der Waals surface area contributed by atoms with Crippen LogP contribution in [-0.4, -0.2) is 25.9 Å². The van der Waals surface area contributed by atoms with Gasteiger partial charge in [-0.05, 0) is 17.5 Å². The second kappa shape index (κ2) is 8.11. The van der Waals surface area contributed by atoms with Gasteiger partial charge >= 0.3 is 103 Å². The number of hydrogen-bond donors (Lipinski definition) is 1. The Labute approximate surface area is 207 Å². The largest absolute Gasteiger partial charge is 1.00 e. The van der Waals surface area contributed by atoms with E-state index in [1.807, 2.05) is 0 Å². The zero-order chi connectivity index (χ0) is 14.4. The molecule has 21 heavy (non-hydrogen) atoms. The molecule has 0 aromatic heterocycles. The topological polar surface area (TPSA) is 140 Å². The average Bonchev–Trinajstić information content (AvgIpc) is 2.24. The van der Waals surface area contributed by atoms with Crippen LogP contribution in [0.25, 0.3) is 10.8 Å². The first-order valence-electron chi connectivity index (χ1n) is 4.85. The van der Waals surface area contributed by atoms with Crippen LogP contribution in [0.1, 0.15) is 0 Å². The maximum atomic E-state index is 11.2. The van der Waals surface area contributed by atoms with Crippen molar-refractivity contribution in [3.8, 4) is 0 Å². The zero-order valence-electron chi connectivity index (χ0n) is 11.2. The van der Waals surface area contributed by atoms with Crippen LogP contribution in [0.5, 0.6) is 0 Å². The summed E-state index contributed by atoms with van der Waals surface area (Å²) in [6.45, 7) is 0. The molecule has 0 heterocycles. The summed E-state index contributed by atoms with van der Waals surface area (Å²) in [5.74, 6) is 0. The van der Waals surface area contributed by atoms with Gasteiger partial charge in [-0.2, -0.15) is 0 Å². The second-order valence-corrected chi connectivity index (χ2v) is 6.41. The molecule has 0 saturated heterocycles. The molecule has 0 aliphatic carbocycles. The molecule has 0 saturated carbocycles. The molecule has 11 heteroatoms. The van der Waals surface area contributed by atoms with Crippen LogP contribution in [0, 0.1) is 0 Å². The molecule has 0 atom stereocenters. The Hall–Kier alpha value is 1.59. The fourth-order valence-electron chi connectivity index (χ4n) is 1.81. The van der Waals surface area contributed by atoms with Crippen molar-refractivity contribution in [2.75, 3.05) is 5.73 Å². The third-order valence-corrected chi connectivity index (χ3v) is 4.33. The minimum Gasteiger partial charge on any atom is -0.744 e. The molecule has 0 radical (unpaired) electrons. The van der Waals surface area contributed by atoms with E-state index in [1.54, 1.807) is 0 Å².